The molecule has 3 heteroatoms. The minimum atomic E-state index is 1.08. The maximum atomic E-state index is 5.09. The molecular weight excluding hydrogens is 180 g/mol. The Hall–Kier alpha value is 0.270. The molecule has 56 valence electrons. The highest BCUT2D eigenvalue weighted by molar-refractivity contribution is 7.76. The van der Waals surface area contributed by atoms with Crippen molar-refractivity contribution in [3.05, 3.63) is 12.9 Å². The van der Waals surface area contributed by atoms with Crippen LogP contribution < -0.4 is 0 Å². The summed E-state index contributed by atoms with van der Waals surface area (Å²) in [6.07, 6.45) is 2.28. The molecule has 0 aliphatic heterocycles. The molecular formula is C7H10S3. The highest BCUT2D eigenvalue weighted by Gasteiger charge is 2.01. The van der Waals surface area contributed by atoms with Crippen molar-refractivity contribution in [2.24, 2.45) is 0 Å². The Bertz CT molecular complexity index is 232. The SMILES string of the molecule is CCc1sc(=S)sc1CC. The lowest BCUT2D eigenvalue weighted by Crippen LogP contribution is -1.78. The van der Waals surface area contributed by atoms with Crippen LogP contribution >= 0.6 is 34.9 Å². The normalized spacial score (nSPS) is 10.2. The summed E-state index contributed by atoms with van der Waals surface area (Å²) < 4.78 is 1.08. The average Bonchev–Trinajstić information content (AvgIpc) is 2.30. The fourth-order valence-electron chi connectivity index (χ4n) is 0.875. The van der Waals surface area contributed by atoms with Crippen LogP contribution in [0, 0.1) is 3.14 Å². The van der Waals surface area contributed by atoms with E-state index < -0.39 is 0 Å². The van der Waals surface area contributed by atoms with Crippen molar-refractivity contribution in [3.8, 4) is 0 Å². The Balaban J connectivity index is 3.08. The van der Waals surface area contributed by atoms with Crippen LogP contribution in [0.15, 0.2) is 0 Å². The van der Waals surface area contributed by atoms with Gasteiger partial charge in [-0.3, -0.25) is 0 Å². The maximum absolute atomic E-state index is 5.09. The summed E-state index contributed by atoms with van der Waals surface area (Å²) in [5.41, 5.74) is 0. The second-order valence-corrected chi connectivity index (χ2v) is 5.40. The molecule has 1 heterocycles. The summed E-state index contributed by atoms with van der Waals surface area (Å²) in [4.78, 5) is 2.97. The molecule has 0 saturated carbocycles. The molecule has 1 aromatic heterocycles. The van der Waals surface area contributed by atoms with Gasteiger partial charge in [-0.1, -0.05) is 26.1 Å². The first kappa shape index (κ1) is 8.37. The zero-order valence-electron chi connectivity index (χ0n) is 6.14. The molecule has 0 unspecified atom stereocenters. The second-order valence-electron chi connectivity index (χ2n) is 2.01. The van der Waals surface area contributed by atoms with Gasteiger partial charge in [-0.2, -0.15) is 0 Å². The Morgan fingerprint density at radius 3 is 1.80 bits per heavy atom. The van der Waals surface area contributed by atoms with Crippen LogP contribution in [-0.2, 0) is 12.8 Å². The molecule has 0 aliphatic rings. The van der Waals surface area contributed by atoms with E-state index in [0.717, 1.165) is 16.0 Å². The predicted molar refractivity (Wildman–Crippen MR) is 51.8 cm³/mol. The molecule has 0 atom stereocenters. The summed E-state index contributed by atoms with van der Waals surface area (Å²) in [5, 5.41) is 0. The van der Waals surface area contributed by atoms with Gasteiger partial charge in [0.1, 0.15) is 3.14 Å². The van der Waals surface area contributed by atoms with Gasteiger partial charge in [0.2, 0.25) is 0 Å². The summed E-state index contributed by atoms with van der Waals surface area (Å²) in [7, 11) is 0. The monoisotopic (exact) mass is 190 g/mol. The quantitative estimate of drug-likeness (QED) is 0.641. The standard InChI is InChI=1S/C7H10S3/c1-3-5-6(4-2)10-7(8)9-5/h3-4H2,1-2H3. The van der Waals surface area contributed by atoms with E-state index in [9.17, 15) is 0 Å². The molecule has 0 bridgehead atoms. The molecule has 0 N–H and O–H groups in total. The zero-order chi connectivity index (χ0) is 7.56. The van der Waals surface area contributed by atoms with Crippen LogP contribution in [0.1, 0.15) is 23.6 Å². The Morgan fingerprint density at radius 1 is 1.10 bits per heavy atom. The Morgan fingerprint density at radius 2 is 1.50 bits per heavy atom. The zero-order valence-corrected chi connectivity index (χ0v) is 8.59. The molecule has 0 spiro atoms. The van der Waals surface area contributed by atoms with E-state index in [-0.39, 0.29) is 0 Å². The number of rotatable bonds is 2. The van der Waals surface area contributed by atoms with E-state index in [1.165, 1.54) is 9.75 Å². The van der Waals surface area contributed by atoms with Gasteiger partial charge in [0, 0.05) is 9.75 Å². The van der Waals surface area contributed by atoms with E-state index in [4.69, 9.17) is 12.2 Å². The van der Waals surface area contributed by atoms with Gasteiger partial charge < -0.3 is 0 Å². The third kappa shape index (κ3) is 1.65. The molecule has 0 amide bonds. The van der Waals surface area contributed by atoms with Gasteiger partial charge in [0.05, 0.1) is 0 Å². The lowest BCUT2D eigenvalue weighted by atomic mass is 10.3. The number of aryl methyl sites for hydroxylation is 2. The summed E-state index contributed by atoms with van der Waals surface area (Å²) in [6.45, 7) is 4.37. The minimum Gasteiger partial charge on any atom is -0.118 e. The van der Waals surface area contributed by atoms with Crippen LogP contribution in [0.4, 0.5) is 0 Å². The Labute approximate surface area is 74.5 Å². The van der Waals surface area contributed by atoms with Crippen LogP contribution in [0.3, 0.4) is 0 Å². The molecule has 10 heavy (non-hydrogen) atoms. The van der Waals surface area contributed by atoms with Gasteiger partial charge in [0.25, 0.3) is 0 Å². The van der Waals surface area contributed by atoms with E-state index in [0.29, 0.717) is 0 Å². The first-order valence-corrected chi connectivity index (χ1v) is 5.43. The first-order valence-electron chi connectivity index (χ1n) is 3.39. The topological polar surface area (TPSA) is 0 Å². The highest BCUT2D eigenvalue weighted by Crippen LogP contribution is 2.25. The van der Waals surface area contributed by atoms with Gasteiger partial charge in [-0.05, 0) is 12.8 Å². The van der Waals surface area contributed by atoms with Crippen LogP contribution in [0.2, 0.25) is 0 Å². The molecule has 0 radical (unpaired) electrons. The minimum absolute atomic E-state index is 1.08. The van der Waals surface area contributed by atoms with E-state index >= 15 is 0 Å². The van der Waals surface area contributed by atoms with Crippen molar-refractivity contribution >= 4 is 34.9 Å². The van der Waals surface area contributed by atoms with Gasteiger partial charge in [0.15, 0.2) is 0 Å². The van der Waals surface area contributed by atoms with E-state index in [1.807, 2.05) is 0 Å². The van der Waals surface area contributed by atoms with Crippen molar-refractivity contribution in [2.75, 3.05) is 0 Å². The molecule has 1 aromatic rings. The summed E-state index contributed by atoms with van der Waals surface area (Å²) >= 11 is 8.63. The molecule has 0 nitrogen and oxygen atoms in total. The summed E-state index contributed by atoms with van der Waals surface area (Å²) in [6, 6.07) is 0. The van der Waals surface area contributed by atoms with Crippen molar-refractivity contribution in [1.29, 1.82) is 0 Å². The van der Waals surface area contributed by atoms with Crippen LogP contribution in [-0.4, -0.2) is 0 Å². The lowest BCUT2D eigenvalue weighted by Gasteiger charge is -1.91. The van der Waals surface area contributed by atoms with Crippen molar-refractivity contribution < 1.29 is 0 Å². The largest absolute Gasteiger partial charge is 0.144 e. The average molecular weight is 190 g/mol. The van der Waals surface area contributed by atoms with Crippen molar-refractivity contribution in [1.82, 2.24) is 0 Å². The third-order valence-corrected chi connectivity index (χ3v) is 4.39. The molecule has 0 saturated heterocycles. The molecule has 0 fully saturated rings. The van der Waals surface area contributed by atoms with Gasteiger partial charge >= 0.3 is 0 Å². The molecule has 0 aliphatic carbocycles. The van der Waals surface area contributed by atoms with E-state index in [2.05, 4.69) is 13.8 Å². The van der Waals surface area contributed by atoms with Gasteiger partial charge in [-0.15, -0.1) is 22.7 Å². The fraction of sp³-hybridized carbons (Fsp3) is 0.571. The van der Waals surface area contributed by atoms with Crippen molar-refractivity contribution in [2.45, 2.75) is 26.7 Å². The smallest absolute Gasteiger partial charge is 0.118 e. The number of hydrogen-bond donors (Lipinski definition) is 0. The number of hydrogen-bond acceptors (Lipinski definition) is 3. The third-order valence-electron chi connectivity index (χ3n) is 1.37. The van der Waals surface area contributed by atoms with Crippen molar-refractivity contribution in [3.63, 3.8) is 0 Å². The lowest BCUT2D eigenvalue weighted by molar-refractivity contribution is 1.10. The highest BCUT2D eigenvalue weighted by atomic mass is 32.2. The first-order chi connectivity index (χ1) is 4.77. The van der Waals surface area contributed by atoms with Crippen LogP contribution in [0.5, 0.6) is 0 Å². The van der Waals surface area contributed by atoms with Crippen LogP contribution in [0.25, 0.3) is 0 Å². The molecule has 0 aromatic carbocycles. The summed E-state index contributed by atoms with van der Waals surface area (Å²) in [5.74, 6) is 0. The Kier molecular flexibility index (Phi) is 3.01. The predicted octanol–water partition coefficient (Wildman–Crippen LogP) is 3.66. The molecule has 1 rings (SSSR count). The van der Waals surface area contributed by atoms with E-state index in [1.54, 1.807) is 22.7 Å². The fourth-order valence-corrected chi connectivity index (χ4v) is 3.71. The van der Waals surface area contributed by atoms with Gasteiger partial charge in [-0.25, -0.2) is 0 Å². The second kappa shape index (κ2) is 3.60. The maximum Gasteiger partial charge on any atom is 0.144 e.